The van der Waals surface area contributed by atoms with Gasteiger partial charge in [-0.15, -0.1) is 0 Å². The number of carbonyl (C=O) groups excluding carboxylic acids is 4. The topological polar surface area (TPSA) is 102 Å². The highest BCUT2D eigenvalue weighted by atomic mass is 35.5. The first-order valence-corrected chi connectivity index (χ1v) is 13.9. The van der Waals surface area contributed by atoms with Crippen molar-refractivity contribution in [3.05, 3.63) is 71.8 Å². The zero-order valence-electron chi connectivity index (χ0n) is 22.8. The summed E-state index contributed by atoms with van der Waals surface area (Å²) in [5, 5.41) is 2.52. The van der Waals surface area contributed by atoms with Gasteiger partial charge in [0.25, 0.3) is 0 Å². The van der Waals surface area contributed by atoms with Gasteiger partial charge in [-0.2, -0.15) is 0 Å². The van der Waals surface area contributed by atoms with Crippen LogP contribution in [0.5, 0.6) is 0 Å². The molecule has 0 radical (unpaired) electrons. The summed E-state index contributed by atoms with van der Waals surface area (Å²) in [6.07, 6.45) is 5.34. The molecule has 0 aliphatic carbocycles. The summed E-state index contributed by atoms with van der Waals surface area (Å²) in [6, 6.07) is 19.9. The minimum absolute atomic E-state index is 0.120. The predicted octanol–water partition coefficient (Wildman–Crippen LogP) is 6.05. The van der Waals surface area contributed by atoms with Crippen LogP contribution in [0.4, 0.5) is 9.59 Å². The molecule has 0 aromatic heterocycles. The lowest BCUT2D eigenvalue weighted by molar-refractivity contribution is -0.129. The van der Waals surface area contributed by atoms with Crippen LogP contribution in [0.15, 0.2) is 60.7 Å². The van der Waals surface area contributed by atoms with Crippen molar-refractivity contribution in [1.29, 1.82) is 0 Å². The molecule has 1 N–H and O–H groups in total. The zero-order valence-corrected chi connectivity index (χ0v) is 23.5. The maximum Gasteiger partial charge on any atom is 0.416 e. The molecule has 4 rings (SSSR count). The second-order valence-electron chi connectivity index (χ2n) is 9.38. The van der Waals surface area contributed by atoms with Gasteiger partial charge in [0.15, 0.2) is 0 Å². The third-order valence-electron chi connectivity index (χ3n) is 6.08. The lowest BCUT2D eigenvalue weighted by Gasteiger charge is -2.19. The third kappa shape index (κ3) is 12.3. The van der Waals surface area contributed by atoms with Crippen molar-refractivity contribution in [2.24, 2.45) is 0 Å². The van der Waals surface area contributed by atoms with Crippen LogP contribution < -0.4 is 5.32 Å². The normalized spacial score (nSPS) is 17.6. The number of cyclic esters (lactones) is 2. The molecular weight excluding hydrogens is 520 g/mol. The van der Waals surface area contributed by atoms with Crippen LogP contribution in [-0.4, -0.2) is 53.5 Å². The number of ether oxygens (including phenoxy) is 2. The van der Waals surface area contributed by atoms with E-state index in [9.17, 15) is 19.2 Å². The highest BCUT2D eigenvalue weighted by Crippen LogP contribution is 2.19. The number of carbonyl (C=O) groups is 4. The molecule has 2 heterocycles. The van der Waals surface area contributed by atoms with E-state index >= 15 is 0 Å². The van der Waals surface area contributed by atoms with Crippen molar-refractivity contribution in [3.63, 3.8) is 0 Å². The summed E-state index contributed by atoms with van der Waals surface area (Å²) < 4.78 is 9.81. The highest BCUT2D eigenvalue weighted by molar-refractivity contribution is 6.63. The number of amides is 3. The van der Waals surface area contributed by atoms with E-state index < -0.39 is 6.09 Å². The average molecular weight is 559 g/mol. The molecule has 212 valence electrons. The molecule has 9 heteroatoms. The van der Waals surface area contributed by atoms with Crippen LogP contribution in [0.3, 0.4) is 0 Å². The Morgan fingerprint density at radius 1 is 0.846 bits per heavy atom. The van der Waals surface area contributed by atoms with Gasteiger partial charge in [0, 0.05) is 12.8 Å². The molecule has 2 aromatic carbocycles. The Bertz CT molecular complexity index is 1030. The van der Waals surface area contributed by atoms with E-state index in [1.807, 2.05) is 74.5 Å². The Morgan fingerprint density at radius 2 is 1.41 bits per heavy atom. The quantitative estimate of drug-likeness (QED) is 0.356. The van der Waals surface area contributed by atoms with Gasteiger partial charge in [0.1, 0.15) is 13.2 Å². The van der Waals surface area contributed by atoms with Crippen LogP contribution in [-0.2, 0) is 31.9 Å². The second kappa shape index (κ2) is 18.0. The van der Waals surface area contributed by atoms with E-state index in [1.54, 1.807) is 0 Å². The molecule has 2 fully saturated rings. The van der Waals surface area contributed by atoms with Crippen molar-refractivity contribution in [3.8, 4) is 0 Å². The molecule has 2 atom stereocenters. The van der Waals surface area contributed by atoms with E-state index in [0.717, 1.165) is 37.7 Å². The Hall–Kier alpha value is -3.39. The van der Waals surface area contributed by atoms with Crippen LogP contribution in [0.2, 0.25) is 0 Å². The number of hydrogen-bond acceptors (Lipinski definition) is 6. The smallest absolute Gasteiger partial charge is 0.416 e. The Labute approximate surface area is 236 Å². The number of nitrogens with one attached hydrogen (secondary N) is 1. The monoisotopic (exact) mass is 558 g/mol. The van der Waals surface area contributed by atoms with Gasteiger partial charge in [-0.3, -0.25) is 9.59 Å². The van der Waals surface area contributed by atoms with E-state index in [1.165, 1.54) is 10.5 Å². The Kier molecular flexibility index (Phi) is 14.7. The summed E-state index contributed by atoms with van der Waals surface area (Å²) in [5.41, 5.74) is 2.33. The molecule has 0 unspecified atom stereocenters. The lowest BCUT2D eigenvalue weighted by atomic mass is 10.1. The molecular formula is C30H39ClN2O6. The number of rotatable bonds is 10. The highest BCUT2D eigenvalue weighted by Gasteiger charge is 2.37. The first-order chi connectivity index (χ1) is 18.8. The summed E-state index contributed by atoms with van der Waals surface area (Å²) >= 11 is 5.02. The largest absolute Gasteiger partial charge is 0.447 e. The molecule has 0 bridgehead atoms. The van der Waals surface area contributed by atoms with Crippen LogP contribution in [0, 0.1) is 0 Å². The van der Waals surface area contributed by atoms with Gasteiger partial charge in [-0.1, -0.05) is 87.4 Å². The molecule has 0 saturated carbocycles. The number of alkyl carbamates (subject to hydrolysis) is 1. The minimum atomic E-state index is -0.498. The van der Waals surface area contributed by atoms with Crippen molar-refractivity contribution in [1.82, 2.24) is 10.2 Å². The van der Waals surface area contributed by atoms with E-state index in [0.29, 0.717) is 32.5 Å². The number of nitrogens with zero attached hydrogens (tertiary/aromatic N) is 1. The first kappa shape index (κ1) is 31.8. The second-order valence-corrected chi connectivity index (χ2v) is 9.80. The van der Waals surface area contributed by atoms with Crippen molar-refractivity contribution in [2.75, 3.05) is 13.2 Å². The number of unbranched alkanes of at least 4 members (excludes halogenated alkanes) is 2. The summed E-state index contributed by atoms with van der Waals surface area (Å²) in [4.78, 5) is 45.7. The van der Waals surface area contributed by atoms with E-state index in [2.05, 4.69) is 5.32 Å². The SMILES string of the molecule is CCCCC(=O)Cl.CCCCC(=O)N1C(=O)OC[C@@H]1Cc1ccccc1.O=C1N[C@@H](Cc2ccccc2)CO1. The third-order valence-corrected chi connectivity index (χ3v) is 6.27. The maximum absolute atomic E-state index is 12.0. The summed E-state index contributed by atoms with van der Waals surface area (Å²) in [6.45, 7) is 4.83. The average Bonchev–Trinajstić information content (AvgIpc) is 3.52. The molecule has 2 saturated heterocycles. The van der Waals surface area contributed by atoms with Crippen LogP contribution in [0.25, 0.3) is 0 Å². The van der Waals surface area contributed by atoms with Gasteiger partial charge in [0.2, 0.25) is 11.1 Å². The molecule has 39 heavy (non-hydrogen) atoms. The molecule has 2 aromatic rings. The van der Waals surface area contributed by atoms with Gasteiger partial charge < -0.3 is 14.8 Å². The number of benzene rings is 2. The predicted molar refractivity (Wildman–Crippen MR) is 150 cm³/mol. The van der Waals surface area contributed by atoms with Crippen molar-refractivity contribution < 1.29 is 28.7 Å². The summed E-state index contributed by atoms with van der Waals surface area (Å²) in [7, 11) is 0. The van der Waals surface area contributed by atoms with Crippen molar-refractivity contribution in [2.45, 2.75) is 77.3 Å². The van der Waals surface area contributed by atoms with Gasteiger partial charge in [-0.25, -0.2) is 14.5 Å². The Morgan fingerprint density at radius 3 is 1.90 bits per heavy atom. The first-order valence-electron chi connectivity index (χ1n) is 13.5. The van der Waals surface area contributed by atoms with Gasteiger partial charge in [0.05, 0.1) is 12.1 Å². The summed E-state index contributed by atoms with van der Waals surface area (Å²) in [5.74, 6) is -0.120. The van der Waals surface area contributed by atoms with E-state index in [4.69, 9.17) is 21.1 Å². The standard InChI is InChI=1S/C15H19NO3.C10H11NO2.C5H9ClO/c1-2-3-9-14(17)16-13(11-19-15(16)18)10-12-7-5-4-6-8-12;12-10-11-9(7-13-10)6-8-4-2-1-3-5-8;1-2-3-4-5(6)7/h4-8,13H,2-3,9-11H2,1H3;1-5,9H,6-7H2,(H,11,12);2-4H2,1H3/t13-;9-;/m00./s1. The fourth-order valence-electron chi connectivity index (χ4n) is 4.00. The maximum atomic E-state index is 12.0. The van der Waals surface area contributed by atoms with Gasteiger partial charge >= 0.3 is 12.2 Å². The van der Waals surface area contributed by atoms with Crippen molar-refractivity contribution >= 4 is 34.9 Å². The van der Waals surface area contributed by atoms with E-state index in [-0.39, 0.29) is 29.3 Å². The number of imide groups is 1. The van der Waals surface area contributed by atoms with Crippen LogP contribution >= 0.6 is 11.6 Å². The lowest BCUT2D eigenvalue weighted by Crippen LogP contribution is -2.40. The molecule has 2 aliphatic rings. The molecule has 3 amide bonds. The minimum Gasteiger partial charge on any atom is -0.447 e. The zero-order chi connectivity index (χ0) is 28.5. The molecule has 8 nitrogen and oxygen atoms in total. The Balaban J connectivity index is 0.000000230. The number of halogens is 1. The number of hydrogen-bond donors (Lipinski definition) is 1. The molecule has 2 aliphatic heterocycles. The fourth-order valence-corrected chi connectivity index (χ4v) is 4.14. The molecule has 0 spiro atoms. The van der Waals surface area contributed by atoms with Gasteiger partial charge in [-0.05, 0) is 48.4 Å². The van der Waals surface area contributed by atoms with Crippen LogP contribution in [0.1, 0.15) is 63.5 Å². The fraction of sp³-hybridized carbons (Fsp3) is 0.467.